The zero-order chi connectivity index (χ0) is 6.41. The number of hydrogen-bond acceptors (Lipinski definition) is 1. The van der Waals surface area contributed by atoms with Crippen LogP contribution in [0.2, 0.25) is 0 Å². The van der Waals surface area contributed by atoms with E-state index in [1.165, 1.54) is 0 Å². The van der Waals surface area contributed by atoms with Crippen LogP contribution in [0.1, 0.15) is 20.3 Å². The van der Waals surface area contributed by atoms with Crippen molar-refractivity contribution in [3.63, 3.8) is 0 Å². The highest BCUT2D eigenvalue weighted by Gasteiger charge is 1.91. The van der Waals surface area contributed by atoms with Crippen LogP contribution in [-0.4, -0.2) is 13.4 Å². The molecule has 0 saturated carbocycles. The third kappa shape index (κ3) is 5.92. The first-order chi connectivity index (χ1) is 3.77. The third-order valence-electron chi connectivity index (χ3n) is 0.923. The van der Waals surface area contributed by atoms with Crippen LogP contribution >= 0.6 is 0 Å². The Labute approximate surface area is 50.5 Å². The first kappa shape index (κ1) is 7.92. The molecule has 0 atom stereocenters. The molecular weight excluding hydrogens is 104 g/mol. The van der Waals surface area contributed by atoms with Gasteiger partial charge < -0.3 is 4.74 Å². The molecule has 0 amide bonds. The maximum absolute atomic E-state index is 9.69. The van der Waals surface area contributed by atoms with Gasteiger partial charge in [-0.15, -0.1) is 0 Å². The van der Waals surface area contributed by atoms with Crippen molar-refractivity contribution in [2.45, 2.75) is 20.3 Å². The second-order valence-corrected chi connectivity index (χ2v) is 2.21. The maximum atomic E-state index is 9.69. The summed E-state index contributed by atoms with van der Waals surface area (Å²) in [6, 6.07) is 0. The van der Waals surface area contributed by atoms with Crippen LogP contribution in [0.25, 0.3) is 0 Å². The minimum absolute atomic E-state index is 0.396. The second-order valence-electron chi connectivity index (χ2n) is 2.21. The monoisotopic (exact) mass is 117 g/mol. The fourth-order valence-electron chi connectivity index (χ4n) is 0.378. The van der Waals surface area contributed by atoms with Gasteiger partial charge in [0, 0.05) is 6.61 Å². The largest absolute Gasteiger partial charge is 0.352 e. The molecule has 0 saturated heterocycles. The van der Waals surface area contributed by atoms with Crippen LogP contribution in [0, 0.1) is 5.92 Å². The molecule has 0 unspecified atom stereocenters. The quantitative estimate of drug-likeness (QED) is 0.404. The van der Waals surface area contributed by atoms with Gasteiger partial charge in [-0.2, -0.15) is 0 Å². The summed E-state index contributed by atoms with van der Waals surface area (Å²) >= 11 is 0. The van der Waals surface area contributed by atoms with Gasteiger partial charge in [0.15, 0.2) is 6.79 Å². The molecule has 0 N–H and O–H groups in total. The summed E-state index contributed by atoms with van der Waals surface area (Å²) in [5, 5.41) is 9.69. The molecule has 49 valence electrons. The lowest BCUT2D eigenvalue weighted by atomic mass is 10.1. The normalized spacial score (nSPS) is 10.5. The molecule has 0 aromatic heterocycles. The predicted octanol–water partition coefficient (Wildman–Crippen LogP) is 1.44. The number of rotatable bonds is 4. The molecule has 0 aliphatic carbocycles. The minimum atomic E-state index is -0.396. The van der Waals surface area contributed by atoms with Crippen molar-refractivity contribution in [2.24, 2.45) is 5.92 Å². The van der Waals surface area contributed by atoms with Crippen LogP contribution in [0.3, 0.4) is 0 Å². The van der Waals surface area contributed by atoms with E-state index in [4.69, 9.17) is 0 Å². The van der Waals surface area contributed by atoms with E-state index in [0.717, 1.165) is 6.42 Å². The van der Waals surface area contributed by atoms with Gasteiger partial charge in [-0.25, -0.2) is 5.11 Å². The van der Waals surface area contributed by atoms with Gasteiger partial charge in [0.2, 0.25) is 0 Å². The second kappa shape index (κ2) is 5.06. The Morgan fingerprint density at radius 2 is 2.12 bits per heavy atom. The van der Waals surface area contributed by atoms with Gasteiger partial charge in [-0.05, 0) is 12.3 Å². The summed E-state index contributed by atoms with van der Waals surface area (Å²) in [5.41, 5.74) is 0. The Balaban J connectivity index is 2.72. The highest BCUT2D eigenvalue weighted by molar-refractivity contribution is 4.40. The molecule has 0 rings (SSSR count). The summed E-state index contributed by atoms with van der Waals surface area (Å²) < 4.78 is 4.59. The Bertz CT molecular complexity index is 43.8. The molecule has 0 bridgehead atoms. The van der Waals surface area contributed by atoms with Crippen molar-refractivity contribution in [3.8, 4) is 0 Å². The topological polar surface area (TPSA) is 29.1 Å². The molecule has 0 aromatic carbocycles. The van der Waals surface area contributed by atoms with Gasteiger partial charge in [0.25, 0.3) is 0 Å². The molecular formula is C6H13O2. The molecule has 8 heavy (non-hydrogen) atoms. The first-order valence-corrected chi connectivity index (χ1v) is 2.93. The van der Waals surface area contributed by atoms with E-state index in [-0.39, 0.29) is 0 Å². The first-order valence-electron chi connectivity index (χ1n) is 2.93. The average molecular weight is 117 g/mol. The van der Waals surface area contributed by atoms with Crippen molar-refractivity contribution in [2.75, 3.05) is 13.4 Å². The summed E-state index contributed by atoms with van der Waals surface area (Å²) in [6.07, 6.45) is 0.988. The smallest absolute Gasteiger partial charge is 0.180 e. The highest BCUT2D eigenvalue weighted by Crippen LogP contribution is 1.97. The van der Waals surface area contributed by atoms with E-state index < -0.39 is 6.79 Å². The lowest BCUT2D eigenvalue weighted by Gasteiger charge is -2.01. The van der Waals surface area contributed by atoms with Gasteiger partial charge >= 0.3 is 0 Å². The molecule has 0 heterocycles. The highest BCUT2D eigenvalue weighted by atomic mass is 16.6. The van der Waals surface area contributed by atoms with Gasteiger partial charge in [0.05, 0.1) is 0 Å². The third-order valence-corrected chi connectivity index (χ3v) is 0.923. The van der Waals surface area contributed by atoms with Crippen LogP contribution in [0.15, 0.2) is 0 Å². The van der Waals surface area contributed by atoms with Crippen molar-refractivity contribution in [1.29, 1.82) is 0 Å². The summed E-state index contributed by atoms with van der Waals surface area (Å²) in [6.45, 7) is 4.43. The van der Waals surface area contributed by atoms with Crippen molar-refractivity contribution in [3.05, 3.63) is 0 Å². The van der Waals surface area contributed by atoms with Crippen LogP contribution < -0.4 is 0 Å². The lowest BCUT2D eigenvalue weighted by molar-refractivity contribution is -0.0464. The fourth-order valence-corrected chi connectivity index (χ4v) is 0.378. The van der Waals surface area contributed by atoms with Crippen LogP contribution in [0.4, 0.5) is 0 Å². The molecule has 0 fully saturated rings. The molecule has 0 aliphatic heterocycles. The molecule has 1 radical (unpaired) electrons. The summed E-state index contributed by atoms with van der Waals surface area (Å²) in [7, 11) is 0. The molecule has 0 aliphatic rings. The van der Waals surface area contributed by atoms with E-state index in [9.17, 15) is 5.11 Å². The van der Waals surface area contributed by atoms with E-state index in [1.54, 1.807) is 0 Å². The Morgan fingerprint density at radius 3 is 2.50 bits per heavy atom. The van der Waals surface area contributed by atoms with E-state index in [2.05, 4.69) is 18.6 Å². The zero-order valence-electron chi connectivity index (χ0n) is 5.52. The standard InChI is InChI=1S/C6H13O2/c1-6(2)3-4-8-5-7/h6H,3-5H2,1-2H3. The molecule has 0 aromatic rings. The fraction of sp³-hybridized carbons (Fsp3) is 1.00. The predicted molar refractivity (Wildman–Crippen MR) is 31.0 cm³/mol. The summed E-state index contributed by atoms with van der Waals surface area (Å²) in [4.78, 5) is 0. The molecule has 0 spiro atoms. The molecule has 2 heteroatoms. The van der Waals surface area contributed by atoms with E-state index >= 15 is 0 Å². The van der Waals surface area contributed by atoms with Crippen molar-refractivity contribution < 1.29 is 9.84 Å². The Kier molecular flexibility index (Phi) is 5.01. The number of ether oxygens (including phenoxy) is 1. The van der Waals surface area contributed by atoms with Crippen molar-refractivity contribution in [1.82, 2.24) is 0 Å². The Hall–Kier alpha value is -0.0800. The maximum Gasteiger partial charge on any atom is 0.180 e. The van der Waals surface area contributed by atoms with Crippen molar-refractivity contribution >= 4 is 0 Å². The van der Waals surface area contributed by atoms with Gasteiger partial charge in [0.1, 0.15) is 0 Å². The zero-order valence-corrected chi connectivity index (χ0v) is 5.52. The summed E-state index contributed by atoms with van der Waals surface area (Å²) in [5.74, 6) is 0.640. The van der Waals surface area contributed by atoms with E-state index in [0.29, 0.717) is 12.5 Å². The van der Waals surface area contributed by atoms with Crippen LogP contribution in [-0.2, 0) is 9.84 Å². The minimum Gasteiger partial charge on any atom is -0.352 e. The van der Waals surface area contributed by atoms with Gasteiger partial charge in [-0.3, -0.25) is 0 Å². The average Bonchev–Trinajstić information content (AvgIpc) is 1.66. The Morgan fingerprint density at radius 1 is 1.50 bits per heavy atom. The lowest BCUT2D eigenvalue weighted by Crippen LogP contribution is -1.98. The van der Waals surface area contributed by atoms with Gasteiger partial charge in [-0.1, -0.05) is 13.8 Å². The SMILES string of the molecule is CC(C)CCOC[O]. The van der Waals surface area contributed by atoms with Crippen LogP contribution in [0.5, 0.6) is 0 Å². The number of hydrogen-bond donors (Lipinski definition) is 0. The molecule has 2 nitrogen and oxygen atoms in total. The van der Waals surface area contributed by atoms with E-state index in [1.807, 2.05) is 0 Å².